The average molecular weight is 417 g/mol. The van der Waals surface area contributed by atoms with Gasteiger partial charge in [0.05, 0.1) is 13.2 Å². The largest absolute Gasteiger partial charge is 0.497 e. The third-order valence-corrected chi connectivity index (χ3v) is 5.16. The Bertz CT molecular complexity index is 794. The Morgan fingerprint density at radius 3 is 2.60 bits per heavy atom. The Balaban J connectivity index is 1.89. The zero-order chi connectivity index (χ0) is 22.1. The molecule has 7 heteroatoms. The van der Waals surface area contributed by atoms with E-state index in [0.717, 1.165) is 24.4 Å². The number of hydrogen-bond donors (Lipinski definition) is 1. The van der Waals surface area contributed by atoms with Crippen LogP contribution in [0.25, 0.3) is 0 Å². The number of hydrogen-bond acceptors (Lipinski definition) is 6. The molecule has 1 aromatic heterocycles. The van der Waals surface area contributed by atoms with Crippen LogP contribution < -0.4 is 10.1 Å². The number of carbonyl (C=O) groups excluding carboxylic acids is 1. The molecule has 1 N–H and O–H groups in total. The summed E-state index contributed by atoms with van der Waals surface area (Å²) in [6.07, 6.45) is 1.70. The molecule has 0 aliphatic carbocycles. The van der Waals surface area contributed by atoms with Crippen molar-refractivity contribution in [1.29, 1.82) is 0 Å². The Morgan fingerprint density at radius 2 is 2.00 bits per heavy atom. The first-order valence-electron chi connectivity index (χ1n) is 10.8. The standard InChI is InChI=1S/C23H36N4O3/c1-7-27(8-2)19(17-11-9-12-18(15-17)29-6)16-24-20(28)13-10-14-21-25-22(26-30-21)23(3,4)5/h9,11-12,15,19H,7-8,10,13-14,16H2,1-6H3,(H,24,28). The number of amides is 1. The van der Waals surface area contributed by atoms with Gasteiger partial charge >= 0.3 is 0 Å². The van der Waals surface area contributed by atoms with Gasteiger partial charge in [0, 0.05) is 24.8 Å². The van der Waals surface area contributed by atoms with Gasteiger partial charge in [0.15, 0.2) is 5.82 Å². The highest BCUT2D eigenvalue weighted by Crippen LogP contribution is 2.24. The molecule has 166 valence electrons. The second kappa shape index (κ2) is 11.1. The summed E-state index contributed by atoms with van der Waals surface area (Å²) in [5.74, 6) is 2.14. The fourth-order valence-electron chi connectivity index (χ4n) is 3.33. The van der Waals surface area contributed by atoms with Crippen LogP contribution in [0.1, 0.15) is 70.8 Å². The minimum absolute atomic E-state index is 0.0330. The first-order chi connectivity index (χ1) is 14.3. The third kappa shape index (κ3) is 6.83. The van der Waals surface area contributed by atoms with Crippen molar-refractivity contribution in [2.75, 3.05) is 26.7 Å². The zero-order valence-electron chi connectivity index (χ0n) is 19.2. The van der Waals surface area contributed by atoms with E-state index in [9.17, 15) is 4.79 Å². The smallest absolute Gasteiger partial charge is 0.226 e. The van der Waals surface area contributed by atoms with Gasteiger partial charge in [-0.25, -0.2) is 0 Å². The molecule has 0 spiro atoms. The summed E-state index contributed by atoms with van der Waals surface area (Å²) in [5, 5.41) is 7.12. The molecule has 0 radical (unpaired) electrons. The molecule has 0 aliphatic rings. The van der Waals surface area contributed by atoms with Crippen molar-refractivity contribution in [3.8, 4) is 5.75 Å². The molecule has 2 rings (SSSR count). The number of rotatable bonds is 11. The fourth-order valence-corrected chi connectivity index (χ4v) is 3.33. The van der Waals surface area contributed by atoms with Crippen molar-refractivity contribution in [1.82, 2.24) is 20.4 Å². The highest BCUT2D eigenvalue weighted by atomic mass is 16.5. The molecular weight excluding hydrogens is 380 g/mol. The van der Waals surface area contributed by atoms with Crippen LogP contribution in [0.5, 0.6) is 5.75 Å². The van der Waals surface area contributed by atoms with Crippen LogP contribution in [0.3, 0.4) is 0 Å². The van der Waals surface area contributed by atoms with Crippen molar-refractivity contribution in [2.45, 2.75) is 65.3 Å². The first kappa shape index (κ1) is 23.9. The number of likely N-dealkylation sites (N-methyl/N-ethyl adjacent to an activating group) is 1. The molecule has 0 saturated heterocycles. The van der Waals surface area contributed by atoms with Crippen molar-refractivity contribution >= 4 is 5.91 Å². The van der Waals surface area contributed by atoms with Gasteiger partial charge in [-0.1, -0.05) is 51.9 Å². The van der Waals surface area contributed by atoms with E-state index in [0.29, 0.717) is 37.5 Å². The van der Waals surface area contributed by atoms with Crippen LogP contribution >= 0.6 is 0 Å². The summed E-state index contributed by atoms with van der Waals surface area (Å²) in [5.41, 5.74) is 0.998. The highest BCUT2D eigenvalue weighted by Gasteiger charge is 2.21. The van der Waals surface area contributed by atoms with Crippen molar-refractivity contribution < 1.29 is 14.1 Å². The van der Waals surface area contributed by atoms with E-state index in [1.165, 1.54) is 0 Å². The number of nitrogens with one attached hydrogen (secondary N) is 1. The molecular formula is C23H36N4O3. The summed E-state index contributed by atoms with van der Waals surface area (Å²) in [6, 6.07) is 8.15. The van der Waals surface area contributed by atoms with Crippen molar-refractivity contribution in [3.63, 3.8) is 0 Å². The Hall–Kier alpha value is -2.41. The average Bonchev–Trinajstić information content (AvgIpc) is 3.20. The maximum atomic E-state index is 12.4. The van der Waals surface area contributed by atoms with Crippen LogP contribution in [-0.4, -0.2) is 47.7 Å². The molecule has 1 amide bonds. The number of benzene rings is 1. The van der Waals surface area contributed by atoms with E-state index >= 15 is 0 Å². The minimum Gasteiger partial charge on any atom is -0.497 e. The lowest BCUT2D eigenvalue weighted by Gasteiger charge is -2.30. The molecule has 0 aliphatic heterocycles. The number of ether oxygens (including phenoxy) is 1. The summed E-state index contributed by atoms with van der Waals surface area (Å²) in [7, 11) is 1.67. The number of methoxy groups -OCH3 is 1. The molecule has 1 heterocycles. The Kier molecular flexibility index (Phi) is 8.84. The zero-order valence-corrected chi connectivity index (χ0v) is 19.2. The lowest BCUT2D eigenvalue weighted by Crippen LogP contribution is -2.38. The number of nitrogens with zero attached hydrogens (tertiary/aromatic N) is 3. The lowest BCUT2D eigenvalue weighted by atomic mass is 9.96. The molecule has 30 heavy (non-hydrogen) atoms. The Labute approximate surface area is 180 Å². The number of aryl methyl sites for hydroxylation is 1. The molecule has 0 bridgehead atoms. The van der Waals surface area contributed by atoms with Gasteiger partial charge in [-0.2, -0.15) is 4.98 Å². The van der Waals surface area contributed by atoms with E-state index in [1.807, 2.05) is 39.0 Å². The van der Waals surface area contributed by atoms with Crippen LogP contribution in [0, 0.1) is 0 Å². The monoisotopic (exact) mass is 416 g/mol. The first-order valence-corrected chi connectivity index (χ1v) is 10.8. The predicted octanol–water partition coefficient (Wildman–Crippen LogP) is 3.90. The highest BCUT2D eigenvalue weighted by molar-refractivity contribution is 5.75. The van der Waals surface area contributed by atoms with Gasteiger partial charge in [-0.05, 0) is 37.2 Å². The summed E-state index contributed by atoms with van der Waals surface area (Å²) < 4.78 is 10.7. The number of aromatic nitrogens is 2. The SMILES string of the molecule is CCN(CC)C(CNC(=O)CCCc1nc(C(C)(C)C)no1)c1cccc(OC)c1. The normalized spacial score (nSPS) is 12.8. The topological polar surface area (TPSA) is 80.5 Å². The van der Waals surface area contributed by atoms with Gasteiger partial charge in [-0.15, -0.1) is 0 Å². The van der Waals surface area contributed by atoms with Gasteiger partial charge < -0.3 is 14.6 Å². The van der Waals surface area contributed by atoms with Gasteiger partial charge in [0.2, 0.25) is 11.8 Å². The fraction of sp³-hybridized carbons (Fsp3) is 0.609. The van der Waals surface area contributed by atoms with E-state index in [-0.39, 0.29) is 17.4 Å². The number of carbonyl (C=O) groups is 1. The molecule has 7 nitrogen and oxygen atoms in total. The quantitative estimate of drug-likeness (QED) is 0.598. The second-order valence-corrected chi connectivity index (χ2v) is 8.43. The van der Waals surface area contributed by atoms with Gasteiger partial charge in [0.1, 0.15) is 5.75 Å². The molecule has 0 fully saturated rings. The van der Waals surface area contributed by atoms with Crippen LogP contribution in [-0.2, 0) is 16.6 Å². The maximum absolute atomic E-state index is 12.4. The summed E-state index contributed by atoms with van der Waals surface area (Å²) in [4.78, 5) is 19.2. The van der Waals surface area contributed by atoms with Crippen LogP contribution in [0.4, 0.5) is 0 Å². The lowest BCUT2D eigenvalue weighted by molar-refractivity contribution is -0.121. The van der Waals surface area contributed by atoms with Crippen LogP contribution in [0.15, 0.2) is 28.8 Å². The minimum atomic E-state index is -0.140. The van der Waals surface area contributed by atoms with E-state index in [2.05, 4.69) is 40.3 Å². The van der Waals surface area contributed by atoms with E-state index in [1.54, 1.807) is 7.11 Å². The molecule has 1 atom stereocenters. The molecule has 1 unspecified atom stereocenters. The van der Waals surface area contributed by atoms with E-state index < -0.39 is 0 Å². The maximum Gasteiger partial charge on any atom is 0.226 e. The molecule has 2 aromatic rings. The van der Waals surface area contributed by atoms with Crippen LogP contribution in [0.2, 0.25) is 0 Å². The van der Waals surface area contributed by atoms with E-state index in [4.69, 9.17) is 9.26 Å². The Morgan fingerprint density at radius 1 is 1.27 bits per heavy atom. The second-order valence-electron chi connectivity index (χ2n) is 8.43. The van der Waals surface area contributed by atoms with Gasteiger partial charge in [-0.3, -0.25) is 9.69 Å². The summed E-state index contributed by atoms with van der Waals surface area (Å²) >= 11 is 0. The molecule has 0 saturated carbocycles. The van der Waals surface area contributed by atoms with Crippen molar-refractivity contribution in [3.05, 3.63) is 41.5 Å². The molecule has 1 aromatic carbocycles. The third-order valence-electron chi connectivity index (χ3n) is 5.16. The predicted molar refractivity (Wildman–Crippen MR) is 118 cm³/mol. The van der Waals surface area contributed by atoms with Crippen molar-refractivity contribution in [2.24, 2.45) is 0 Å². The van der Waals surface area contributed by atoms with Gasteiger partial charge in [0.25, 0.3) is 0 Å². The summed E-state index contributed by atoms with van der Waals surface area (Å²) in [6.45, 7) is 12.8.